The zero-order valence-corrected chi connectivity index (χ0v) is 12.4. The molecule has 0 saturated carbocycles. The van der Waals surface area contributed by atoms with E-state index < -0.39 is 0 Å². The van der Waals surface area contributed by atoms with Crippen molar-refractivity contribution in [3.63, 3.8) is 0 Å². The number of pyridine rings is 1. The van der Waals surface area contributed by atoms with E-state index in [0.717, 1.165) is 37.8 Å². The molecule has 1 aliphatic rings. The molecule has 1 N–H and O–H groups in total. The third-order valence-electron chi connectivity index (χ3n) is 3.76. The molecule has 6 nitrogen and oxygen atoms in total. The summed E-state index contributed by atoms with van der Waals surface area (Å²) in [5.74, 6) is 1.95. The Morgan fingerprint density at radius 2 is 2.05 bits per heavy atom. The quantitative estimate of drug-likeness (QED) is 0.896. The molecule has 1 fully saturated rings. The fraction of sp³-hybridized carbons (Fsp3) is 0.375. The maximum Gasteiger partial charge on any atom is 0.236 e. The minimum atomic E-state index is 0.132. The van der Waals surface area contributed by atoms with Crippen LogP contribution in [0, 0.1) is 0 Å². The highest BCUT2D eigenvalue weighted by Gasteiger charge is 2.21. The summed E-state index contributed by atoms with van der Waals surface area (Å²) in [6.07, 6.45) is 3.43. The van der Waals surface area contributed by atoms with Crippen molar-refractivity contribution in [1.82, 2.24) is 15.2 Å². The number of hydrogen-bond acceptors (Lipinski definition) is 5. The van der Waals surface area contributed by atoms with Crippen molar-refractivity contribution < 1.29 is 9.21 Å². The number of aromatic nitrogens is 1. The van der Waals surface area contributed by atoms with Gasteiger partial charge in [0.2, 0.25) is 5.91 Å². The Bertz CT molecular complexity index is 577. The lowest BCUT2D eigenvalue weighted by Gasteiger charge is -2.35. The van der Waals surface area contributed by atoms with Gasteiger partial charge in [-0.3, -0.25) is 4.79 Å². The summed E-state index contributed by atoms with van der Waals surface area (Å²) in [5.41, 5.74) is 0. The molecule has 0 atom stereocenters. The van der Waals surface area contributed by atoms with Crippen LogP contribution in [0.4, 0.5) is 5.82 Å². The van der Waals surface area contributed by atoms with Crippen molar-refractivity contribution in [1.29, 1.82) is 0 Å². The first kappa shape index (κ1) is 14.6. The van der Waals surface area contributed by atoms with E-state index in [2.05, 4.69) is 15.2 Å². The average molecular weight is 300 g/mol. The third-order valence-corrected chi connectivity index (χ3v) is 3.76. The van der Waals surface area contributed by atoms with Gasteiger partial charge in [-0.15, -0.1) is 0 Å². The molecule has 1 amide bonds. The Kier molecular flexibility index (Phi) is 4.70. The van der Waals surface area contributed by atoms with Crippen LogP contribution in [-0.4, -0.2) is 48.5 Å². The van der Waals surface area contributed by atoms with Crippen LogP contribution in [0.3, 0.4) is 0 Å². The molecule has 116 valence electrons. The molecule has 0 unspecified atom stereocenters. The molecule has 22 heavy (non-hydrogen) atoms. The molecule has 0 aromatic carbocycles. The van der Waals surface area contributed by atoms with Crippen molar-refractivity contribution in [3.8, 4) is 0 Å². The number of piperazine rings is 1. The smallest absolute Gasteiger partial charge is 0.236 e. The number of furan rings is 1. The van der Waals surface area contributed by atoms with Gasteiger partial charge >= 0.3 is 0 Å². The predicted molar refractivity (Wildman–Crippen MR) is 83.4 cm³/mol. The molecule has 3 heterocycles. The number of nitrogens with zero attached hydrogens (tertiary/aromatic N) is 3. The molecule has 0 bridgehead atoms. The van der Waals surface area contributed by atoms with Gasteiger partial charge in [-0.2, -0.15) is 0 Å². The standard InChI is InChI=1S/C16H20N4O2/c21-16(13-17-12-14-4-3-11-22-14)20-9-7-19(8-10-20)15-5-1-2-6-18-15/h1-6,11,17H,7-10,12-13H2. The van der Waals surface area contributed by atoms with Gasteiger partial charge < -0.3 is 19.5 Å². The van der Waals surface area contributed by atoms with Gasteiger partial charge in [0.15, 0.2) is 0 Å². The van der Waals surface area contributed by atoms with Crippen LogP contribution < -0.4 is 10.2 Å². The molecule has 2 aromatic rings. The SMILES string of the molecule is O=C(CNCc1ccco1)N1CCN(c2ccccn2)CC1. The van der Waals surface area contributed by atoms with E-state index in [1.807, 2.05) is 35.2 Å². The topological polar surface area (TPSA) is 61.6 Å². The summed E-state index contributed by atoms with van der Waals surface area (Å²) >= 11 is 0. The minimum absolute atomic E-state index is 0.132. The largest absolute Gasteiger partial charge is 0.468 e. The van der Waals surface area contributed by atoms with E-state index in [4.69, 9.17) is 4.42 Å². The van der Waals surface area contributed by atoms with Gasteiger partial charge in [-0.05, 0) is 24.3 Å². The van der Waals surface area contributed by atoms with E-state index in [9.17, 15) is 4.79 Å². The van der Waals surface area contributed by atoms with E-state index in [0.29, 0.717) is 13.1 Å². The third kappa shape index (κ3) is 3.65. The van der Waals surface area contributed by atoms with Crippen molar-refractivity contribution in [3.05, 3.63) is 48.6 Å². The molecular formula is C16H20N4O2. The van der Waals surface area contributed by atoms with Crippen molar-refractivity contribution in [2.24, 2.45) is 0 Å². The van der Waals surface area contributed by atoms with Gasteiger partial charge in [0, 0.05) is 32.4 Å². The van der Waals surface area contributed by atoms with Crippen LogP contribution in [0.2, 0.25) is 0 Å². The number of carbonyl (C=O) groups excluding carboxylic acids is 1. The number of amides is 1. The Labute approximate surface area is 129 Å². The predicted octanol–water partition coefficient (Wildman–Crippen LogP) is 1.11. The summed E-state index contributed by atoms with van der Waals surface area (Å²) in [5, 5.41) is 3.12. The lowest BCUT2D eigenvalue weighted by Crippen LogP contribution is -2.51. The first-order valence-corrected chi connectivity index (χ1v) is 7.50. The monoisotopic (exact) mass is 300 g/mol. The van der Waals surface area contributed by atoms with Crippen LogP contribution in [0.15, 0.2) is 47.2 Å². The number of anilines is 1. The Balaban J connectivity index is 1.42. The van der Waals surface area contributed by atoms with E-state index in [1.54, 1.807) is 12.5 Å². The lowest BCUT2D eigenvalue weighted by atomic mass is 10.3. The molecule has 6 heteroatoms. The molecule has 1 aliphatic heterocycles. The van der Waals surface area contributed by atoms with Crippen LogP contribution in [0.25, 0.3) is 0 Å². The summed E-state index contributed by atoms with van der Waals surface area (Å²) in [6, 6.07) is 9.63. The van der Waals surface area contributed by atoms with E-state index in [1.165, 1.54) is 0 Å². The van der Waals surface area contributed by atoms with Crippen LogP contribution in [0.5, 0.6) is 0 Å². The minimum Gasteiger partial charge on any atom is -0.468 e. The fourth-order valence-corrected chi connectivity index (χ4v) is 2.54. The number of rotatable bonds is 5. The highest BCUT2D eigenvalue weighted by atomic mass is 16.3. The zero-order valence-electron chi connectivity index (χ0n) is 12.4. The normalized spacial score (nSPS) is 15.1. The van der Waals surface area contributed by atoms with Crippen molar-refractivity contribution in [2.75, 3.05) is 37.6 Å². The molecule has 2 aromatic heterocycles. The molecule has 1 saturated heterocycles. The van der Waals surface area contributed by atoms with Gasteiger partial charge in [-0.1, -0.05) is 6.07 Å². The van der Waals surface area contributed by atoms with Crippen molar-refractivity contribution >= 4 is 11.7 Å². The molecule has 3 rings (SSSR count). The lowest BCUT2D eigenvalue weighted by molar-refractivity contribution is -0.130. The second-order valence-electron chi connectivity index (χ2n) is 5.24. The van der Waals surface area contributed by atoms with Crippen LogP contribution >= 0.6 is 0 Å². The summed E-state index contributed by atoms with van der Waals surface area (Å²) < 4.78 is 5.22. The van der Waals surface area contributed by atoms with E-state index in [-0.39, 0.29) is 5.91 Å². The summed E-state index contributed by atoms with van der Waals surface area (Å²) in [4.78, 5) is 20.6. The molecule has 0 spiro atoms. The first-order chi connectivity index (χ1) is 10.8. The summed E-state index contributed by atoms with van der Waals surface area (Å²) in [6.45, 7) is 4.02. The van der Waals surface area contributed by atoms with Gasteiger partial charge in [0.1, 0.15) is 11.6 Å². The average Bonchev–Trinajstić information content (AvgIpc) is 3.09. The Hall–Kier alpha value is -2.34. The summed E-state index contributed by atoms with van der Waals surface area (Å²) in [7, 11) is 0. The Morgan fingerprint density at radius 3 is 2.73 bits per heavy atom. The van der Waals surface area contributed by atoms with E-state index >= 15 is 0 Å². The van der Waals surface area contributed by atoms with Gasteiger partial charge in [-0.25, -0.2) is 4.98 Å². The molecule has 0 radical (unpaired) electrons. The van der Waals surface area contributed by atoms with Gasteiger partial charge in [0.05, 0.1) is 19.4 Å². The number of hydrogen-bond donors (Lipinski definition) is 1. The highest BCUT2D eigenvalue weighted by molar-refractivity contribution is 5.78. The number of nitrogens with one attached hydrogen (secondary N) is 1. The Morgan fingerprint density at radius 1 is 1.18 bits per heavy atom. The molecular weight excluding hydrogens is 280 g/mol. The van der Waals surface area contributed by atoms with Crippen LogP contribution in [0.1, 0.15) is 5.76 Å². The maximum absolute atomic E-state index is 12.2. The number of carbonyl (C=O) groups is 1. The second-order valence-corrected chi connectivity index (χ2v) is 5.24. The maximum atomic E-state index is 12.2. The molecule has 0 aliphatic carbocycles. The fourth-order valence-electron chi connectivity index (χ4n) is 2.54. The van der Waals surface area contributed by atoms with Gasteiger partial charge in [0.25, 0.3) is 0 Å². The highest BCUT2D eigenvalue weighted by Crippen LogP contribution is 2.12. The zero-order chi connectivity index (χ0) is 15.2. The van der Waals surface area contributed by atoms with Crippen LogP contribution in [-0.2, 0) is 11.3 Å². The van der Waals surface area contributed by atoms with Crippen molar-refractivity contribution in [2.45, 2.75) is 6.54 Å². The first-order valence-electron chi connectivity index (χ1n) is 7.50. The second kappa shape index (κ2) is 7.09.